The number of benzene rings is 2. The summed E-state index contributed by atoms with van der Waals surface area (Å²) in [4.78, 5) is 13.9. The summed E-state index contributed by atoms with van der Waals surface area (Å²) in [6.07, 6.45) is 1.76. The monoisotopic (exact) mass is 451 g/mol. The standard InChI is InChI=1S/C27H33NO5/c1-17-12-21-19(13-24(17)32-5)15-33-23-7-6-20(31-4)14-22(23)25(21)18-8-10-28(11-9-18)16-27(2,3)26(29)30/h6-7,12-14H,8-11,15-16H2,1-5H3,(H,29,30). The Morgan fingerprint density at radius 1 is 1.09 bits per heavy atom. The number of nitrogens with zero attached hydrogens (tertiary/aromatic N) is 1. The predicted molar refractivity (Wildman–Crippen MR) is 128 cm³/mol. The Morgan fingerprint density at radius 2 is 1.82 bits per heavy atom. The number of likely N-dealkylation sites (tertiary alicyclic amines) is 1. The summed E-state index contributed by atoms with van der Waals surface area (Å²) in [5.41, 5.74) is 6.22. The molecule has 0 saturated carbocycles. The van der Waals surface area contributed by atoms with Crippen molar-refractivity contribution in [1.82, 2.24) is 4.90 Å². The first-order valence-corrected chi connectivity index (χ1v) is 11.4. The second-order valence-electron chi connectivity index (χ2n) is 9.57. The summed E-state index contributed by atoms with van der Waals surface area (Å²) in [6, 6.07) is 10.3. The maximum Gasteiger partial charge on any atom is 0.310 e. The summed E-state index contributed by atoms with van der Waals surface area (Å²) in [5.74, 6) is 1.74. The predicted octanol–water partition coefficient (Wildman–Crippen LogP) is 4.91. The number of aliphatic carboxylic acids is 1. The Hall–Kier alpha value is -2.99. The lowest BCUT2D eigenvalue weighted by Crippen LogP contribution is -2.42. The van der Waals surface area contributed by atoms with Crippen LogP contribution in [0.1, 0.15) is 48.9 Å². The topological polar surface area (TPSA) is 68.2 Å². The molecular formula is C27H33NO5. The number of aryl methyl sites for hydroxylation is 1. The zero-order valence-corrected chi connectivity index (χ0v) is 20.2. The highest BCUT2D eigenvalue weighted by molar-refractivity contribution is 5.88. The van der Waals surface area contributed by atoms with E-state index in [0.717, 1.165) is 59.9 Å². The molecule has 1 N–H and O–H groups in total. The fraction of sp³-hybridized carbons (Fsp3) is 0.444. The molecular weight excluding hydrogens is 418 g/mol. The number of carbonyl (C=O) groups is 1. The third kappa shape index (κ3) is 4.58. The van der Waals surface area contributed by atoms with Crippen molar-refractivity contribution in [3.05, 3.63) is 58.2 Å². The average Bonchev–Trinajstić information content (AvgIpc) is 2.94. The number of carboxylic acid groups (broad SMARTS) is 1. The summed E-state index contributed by atoms with van der Waals surface area (Å²) < 4.78 is 17.3. The van der Waals surface area contributed by atoms with E-state index in [0.29, 0.717) is 13.2 Å². The minimum atomic E-state index is -0.763. The van der Waals surface area contributed by atoms with Crippen molar-refractivity contribution in [2.45, 2.75) is 40.2 Å². The van der Waals surface area contributed by atoms with E-state index in [2.05, 4.69) is 30.0 Å². The van der Waals surface area contributed by atoms with Crippen LogP contribution >= 0.6 is 0 Å². The number of hydrogen-bond acceptors (Lipinski definition) is 5. The van der Waals surface area contributed by atoms with Gasteiger partial charge in [-0.3, -0.25) is 4.79 Å². The van der Waals surface area contributed by atoms with Crippen LogP contribution in [0.2, 0.25) is 0 Å². The second kappa shape index (κ2) is 9.10. The van der Waals surface area contributed by atoms with Crippen LogP contribution in [0.4, 0.5) is 0 Å². The van der Waals surface area contributed by atoms with Crippen LogP contribution in [0.5, 0.6) is 17.2 Å². The molecule has 0 unspecified atom stereocenters. The van der Waals surface area contributed by atoms with Crippen LogP contribution in [0.15, 0.2) is 35.9 Å². The quantitative estimate of drug-likeness (QED) is 0.697. The third-order valence-corrected chi connectivity index (χ3v) is 6.74. The van der Waals surface area contributed by atoms with Gasteiger partial charge in [-0.05, 0) is 80.6 Å². The molecule has 176 valence electrons. The summed E-state index contributed by atoms with van der Waals surface area (Å²) in [6.45, 7) is 8.34. The lowest BCUT2D eigenvalue weighted by atomic mass is 9.85. The van der Waals surface area contributed by atoms with Gasteiger partial charge in [0.25, 0.3) is 0 Å². The minimum Gasteiger partial charge on any atom is -0.497 e. The van der Waals surface area contributed by atoms with E-state index in [4.69, 9.17) is 14.2 Å². The number of ether oxygens (including phenoxy) is 3. The Balaban J connectivity index is 1.77. The summed E-state index contributed by atoms with van der Waals surface area (Å²) >= 11 is 0. The van der Waals surface area contributed by atoms with Crippen molar-refractivity contribution in [3.8, 4) is 17.2 Å². The fourth-order valence-corrected chi connectivity index (χ4v) is 4.80. The molecule has 1 fully saturated rings. The van der Waals surface area contributed by atoms with Crippen molar-refractivity contribution in [2.24, 2.45) is 5.41 Å². The molecule has 0 bridgehead atoms. The highest BCUT2D eigenvalue weighted by Crippen LogP contribution is 2.44. The van der Waals surface area contributed by atoms with Gasteiger partial charge in [-0.15, -0.1) is 0 Å². The molecule has 4 rings (SSSR count). The zero-order chi connectivity index (χ0) is 23.8. The largest absolute Gasteiger partial charge is 0.497 e. The van der Waals surface area contributed by atoms with E-state index in [9.17, 15) is 9.90 Å². The van der Waals surface area contributed by atoms with E-state index >= 15 is 0 Å². The first-order valence-electron chi connectivity index (χ1n) is 11.4. The Labute approximate surface area is 195 Å². The third-order valence-electron chi connectivity index (χ3n) is 6.74. The summed E-state index contributed by atoms with van der Waals surface area (Å²) in [5, 5.41) is 9.52. The van der Waals surface area contributed by atoms with Gasteiger partial charge in [0.1, 0.15) is 23.9 Å². The molecule has 0 spiro atoms. The maximum absolute atomic E-state index is 11.6. The molecule has 0 aromatic heterocycles. The molecule has 0 radical (unpaired) electrons. The van der Waals surface area contributed by atoms with Gasteiger partial charge in [-0.25, -0.2) is 0 Å². The number of carboxylic acids is 1. The molecule has 6 nitrogen and oxygen atoms in total. The Kier molecular flexibility index (Phi) is 6.39. The van der Waals surface area contributed by atoms with Gasteiger partial charge >= 0.3 is 5.97 Å². The Morgan fingerprint density at radius 3 is 2.45 bits per heavy atom. The molecule has 2 aromatic carbocycles. The van der Waals surface area contributed by atoms with Crippen molar-refractivity contribution >= 4 is 11.5 Å². The lowest BCUT2D eigenvalue weighted by Gasteiger charge is -2.34. The van der Waals surface area contributed by atoms with E-state index in [-0.39, 0.29) is 0 Å². The second-order valence-corrected chi connectivity index (χ2v) is 9.57. The van der Waals surface area contributed by atoms with Gasteiger partial charge < -0.3 is 24.2 Å². The van der Waals surface area contributed by atoms with Gasteiger partial charge in [0.15, 0.2) is 0 Å². The molecule has 0 aliphatic carbocycles. The highest BCUT2D eigenvalue weighted by atomic mass is 16.5. The molecule has 2 heterocycles. The fourth-order valence-electron chi connectivity index (χ4n) is 4.80. The van der Waals surface area contributed by atoms with Gasteiger partial charge in [-0.1, -0.05) is 5.57 Å². The number of methoxy groups -OCH3 is 2. The zero-order valence-electron chi connectivity index (χ0n) is 20.2. The molecule has 2 aliphatic heterocycles. The highest BCUT2D eigenvalue weighted by Gasteiger charge is 2.32. The van der Waals surface area contributed by atoms with E-state index in [1.807, 2.05) is 12.1 Å². The van der Waals surface area contributed by atoms with Crippen LogP contribution in [0, 0.1) is 12.3 Å². The van der Waals surface area contributed by atoms with Gasteiger partial charge in [0, 0.05) is 30.8 Å². The smallest absolute Gasteiger partial charge is 0.310 e. The van der Waals surface area contributed by atoms with E-state index in [1.54, 1.807) is 28.1 Å². The van der Waals surface area contributed by atoms with Crippen molar-refractivity contribution in [1.29, 1.82) is 0 Å². The van der Waals surface area contributed by atoms with Crippen molar-refractivity contribution in [3.63, 3.8) is 0 Å². The van der Waals surface area contributed by atoms with Crippen LogP contribution in [0.25, 0.3) is 5.57 Å². The first-order chi connectivity index (χ1) is 15.7. The average molecular weight is 452 g/mol. The molecule has 0 atom stereocenters. The van der Waals surface area contributed by atoms with Crippen molar-refractivity contribution < 1.29 is 24.1 Å². The molecule has 33 heavy (non-hydrogen) atoms. The van der Waals surface area contributed by atoms with Gasteiger partial charge in [0.05, 0.1) is 19.6 Å². The number of hydrogen-bond donors (Lipinski definition) is 1. The molecule has 2 aromatic rings. The van der Waals surface area contributed by atoms with Gasteiger partial charge in [0.2, 0.25) is 0 Å². The SMILES string of the molecule is COc1ccc2c(c1)C(=C1CCN(CC(C)(C)C(=O)O)CC1)c1cc(C)c(OC)cc1CO2. The van der Waals surface area contributed by atoms with Gasteiger partial charge in [-0.2, -0.15) is 0 Å². The number of rotatable bonds is 5. The minimum absolute atomic E-state index is 0.473. The van der Waals surface area contributed by atoms with E-state index in [1.165, 1.54) is 16.7 Å². The van der Waals surface area contributed by atoms with Crippen LogP contribution < -0.4 is 14.2 Å². The van der Waals surface area contributed by atoms with Crippen LogP contribution in [0.3, 0.4) is 0 Å². The molecule has 2 aliphatic rings. The normalized spacial score (nSPS) is 16.4. The molecule has 1 saturated heterocycles. The maximum atomic E-state index is 11.6. The van der Waals surface area contributed by atoms with Crippen LogP contribution in [-0.2, 0) is 11.4 Å². The first kappa shape index (κ1) is 23.2. The molecule has 0 amide bonds. The van der Waals surface area contributed by atoms with E-state index < -0.39 is 11.4 Å². The summed E-state index contributed by atoms with van der Waals surface area (Å²) in [7, 11) is 3.37. The Bertz CT molecular complexity index is 1090. The van der Waals surface area contributed by atoms with Crippen LogP contribution in [-0.4, -0.2) is 49.8 Å². The van der Waals surface area contributed by atoms with Crippen molar-refractivity contribution in [2.75, 3.05) is 33.9 Å². The number of fused-ring (bicyclic) bond motifs is 2. The number of piperidine rings is 1. The lowest BCUT2D eigenvalue weighted by molar-refractivity contribution is -0.148. The molecule has 6 heteroatoms.